The van der Waals surface area contributed by atoms with Gasteiger partial charge in [-0.1, -0.05) is 19.9 Å². The number of ether oxygens (including phenoxy) is 4. The van der Waals surface area contributed by atoms with E-state index in [4.69, 9.17) is 28.3 Å². The van der Waals surface area contributed by atoms with Gasteiger partial charge >= 0.3 is 19.2 Å². The molecule has 1 aliphatic carbocycles. The van der Waals surface area contributed by atoms with Crippen molar-refractivity contribution in [1.29, 1.82) is 0 Å². The number of pyridine rings is 1. The summed E-state index contributed by atoms with van der Waals surface area (Å²) >= 11 is 0. The molecule has 3 heterocycles. The minimum Gasteiger partial charge on any atom is -0.486 e. The van der Waals surface area contributed by atoms with Crippen LogP contribution >= 0.6 is 0 Å². The molecule has 2 atom stereocenters. The Balaban J connectivity index is 1.41. The lowest BCUT2D eigenvalue weighted by molar-refractivity contribution is -0.0297. The predicted octanol–water partition coefficient (Wildman–Crippen LogP) is 6.27. The minimum atomic E-state index is -0.987. The van der Waals surface area contributed by atoms with Crippen LogP contribution in [0.4, 0.5) is 4.79 Å². The number of nitrogens with zero attached hydrogens (tertiary/aromatic N) is 1. The summed E-state index contributed by atoms with van der Waals surface area (Å²) in [6.07, 6.45) is 3.55. The minimum absolute atomic E-state index is 0.00981. The van der Waals surface area contributed by atoms with E-state index >= 15 is 0 Å². The maximum atomic E-state index is 13.9. The SMILES string of the molecule is Cc1cc(=O)c(C(=O)N2CC(Oc3ccc(CCB4OC5CCC(C)(C)CC5(C)O4)c(OC(=O)OC(C)(C)C)c3C(=O)OC(C)(C)C)C2)c[nH]1. The first-order chi connectivity index (χ1) is 23.1. The monoisotopic (exact) mass is 694 g/mol. The van der Waals surface area contributed by atoms with Gasteiger partial charge in [0.2, 0.25) is 0 Å². The molecule has 1 amide bonds. The molecule has 1 N–H and O–H groups in total. The number of aromatic amines is 1. The van der Waals surface area contributed by atoms with Crippen LogP contribution in [0.5, 0.6) is 11.5 Å². The first-order valence-corrected chi connectivity index (χ1v) is 17.4. The van der Waals surface area contributed by atoms with Crippen LogP contribution in [0, 0.1) is 12.3 Å². The Morgan fingerprint density at radius 2 is 1.72 bits per heavy atom. The molecular formula is C37H51BN2O10. The van der Waals surface area contributed by atoms with Crippen molar-refractivity contribution < 1.29 is 42.6 Å². The third kappa shape index (κ3) is 8.90. The van der Waals surface area contributed by atoms with Crippen LogP contribution in [0.1, 0.15) is 114 Å². The van der Waals surface area contributed by atoms with Gasteiger partial charge in [0.15, 0.2) is 11.2 Å². The molecule has 1 saturated carbocycles. The highest BCUT2D eigenvalue weighted by Crippen LogP contribution is 2.48. The number of nitrogens with one attached hydrogen (secondary N) is 1. The second-order valence-electron chi connectivity index (χ2n) is 16.7. The number of likely N-dealkylation sites (tertiary alicyclic amines) is 1. The molecule has 3 fully saturated rings. The van der Waals surface area contributed by atoms with Crippen molar-refractivity contribution >= 4 is 25.2 Å². The van der Waals surface area contributed by atoms with Crippen LogP contribution < -0.4 is 14.9 Å². The van der Waals surface area contributed by atoms with E-state index < -0.39 is 48.1 Å². The summed E-state index contributed by atoms with van der Waals surface area (Å²) in [6.45, 7) is 19.1. The van der Waals surface area contributed by atoms with Crippen molar-refractivity contribution in [2.45, 2.75) is 130 Å². The number of carbonyl (C=O) groups is 3. The lowest BCUT2D eigenvalue weighted by Crippen LogP contribution is -2.56. The molecule has 0 spiro atoms. The molecule has 2 unspecified atom stereocenters. The number of benzene rings is 1. The van der Waals surface area contributed by atoms with Crippen molar-refractivity contribution in [3.63, 3.8) is 0 Å². The van der Waals surface area contributed by atoms with E-state index in [-0.39, 0.29) is 52.7 Å². The first-order valence-electron chi connectivity index (χ1n) is 17.4. The van der Waals surface area contributed by atoms with Gasteiger partial charge < -0.3 is 38.1 Å². The Bertz CT molecular complexity index is 1680. The fourth-order valence-electron chi connectivity index (χ4n) is 6.89. The molecule has 1 aromatic heterocycles. The van der Waals surface area contributed by atoms with E-state index in [1.807, 2.05) is 0 Å². The molecule has 5 rings (SSSR count). The highest BCUT2D eigenvalue weighted by Gasteiger charge is 2.53. The standard InChI is InChI=1S/C37H51BN2O10/c1-22-17-26(41)25(18-39-22)31(42)40-19-24(20-40)45-27-12-11-23(14-16-38-49-28-13-15-36(8,9)21-37(28,10)50-38)30(46-33(44)48-35(5,6)7)29(27)32(43)47-34(2,3)4/h11-12,17-18,24,28H,13-16,19-21H2,1-10H3,(H,39,41). The average Bonchev–Trinajstić information content (AvgIpc) is 3.25. The van der Waals surface area contributed by atoms with E-state index in [1.54, 1.807) is 60.6 Å². The Morgan fingerprint density at radius 1 is 1.04 bits per heavy atom. The van der Waals surface area contributed by atoms with Crippen molar-refractivity contribution in [2.75, 3.05) is 13.1 Å². The van der Waals surface area contributed by atoms with Gasteiger partial charge in [-0.05, 0) is 104 Å². The van der Waals surface area contributed by atoms with Crippen LogP contribution in [0.2, 0.25) is 6.32 Å². The van der Waals surface area contributed by atoms with Crippen molar-refractivity contribution in [3.8, 4) is 11.5 Å². The Kier molecular flexibility index (Phi) is 10.3. The number of aromatic nitrogens is 1. The number of hydrogen-bond acceptors (Lipinski definition) is 10. The van der Waals surface area contributed by atoms with Gasteiger partial charge in [0.05, 0.1) is 24.8 Å². The average molecular weight is 695 g/mol. The topological polar surface area (TPSA) is 143 Å². The third-order valence-corrected chi connectivity index (χ3v) is 9.06. The normalized spacial score (nSPS) is 22.0. The van der Waals surface area contributed by atoms with Crippen LogP contribution in [-0.4, -0.2) is 77.1 Å². The fraction of sp³-hybridized carbons (Fsp3) is 0.622. The van der Waals surface area contributed by atoms with Gasteiger partial charge in [0, 0.05) is 18.0 Å². The highest BCUT2D eigenvalue weighted by molar-refractivity contribution is 6.45. The maximum Gasteiger partial charge on any atom is 0.514 e. The van der Waals surface area contributed by atoms with Gasteiger partial charge in [0.25, 0.3) is 5.91 Å². The smallest absolute Gasteiger partial charge is 0.486 e. The number of H-pyrrole nitrogens is 1. The molecule has 2 saturated heterocycles. The zero-order valence-corrected chi connectivity index (χ0v) is 31.0. The molecule has 0 bridgehead atoms. The molecule has 2 aliphatic heterocycles. The number of carbonyl (C=O) groups excluding carboxylic acids is 3. The summed E-state index contributed by atoms with van der Waals surface area (Å²) in [5.74, 6) is -1.08. The number of esters is 1. The number of fused-ring (bicyclic) bond motifs is 1. The van der Waals surface area contributed by atoms with E-state index in [0.717, 1.165) is 19.3 Å². The van der Waals surface area contributed by atoms with E-state index in [0.29, 0.717) is 24.0 Å². The molecule has 50 heavy (non-hydrogen) atoms. The van der Waals surface area contributed by atoms with E-state index in [2.05, 4.69) is 25.8 Å². The molecule has 0 radical (unpaired) electrons. The predicted molar refractivity (Wildman–Crippen MR) is 187 cm³/mol. The van der Waals surface area contributed by atoms with Gasteiger partial charge in [0.1, 0.15) is 34.2 Å². The van der Waals surface area contributed by atoms with Crippen LogP contribution in [0.25, 0.3) is 0 Å². The fourth-order valence-corrected chi connectivity index (χ4v) is 6.89. The molecule has 1 aromatic carbocycles. The van der Waals surface area contributed by atoms with Gasteiger partial charge in [-0.15, -0.1) is 0 Å². The highest BCUT2D eigenvalue weighted by atomic mass is 16.7. The Hall–Kier alpha value is -3.84. The lowest BCUT2D eigenvalue weighted by Gasteiger charge is -2.43. The first kappa shape index (κ1) is 37.4. The van der Waals surface area contributed by atoms with Gasteiger partial charge in [-0.2, -0.15) is 0 Å². The Labute approximate surface area is 294 Å². The number of rotatable bonds is 8. The van der Waals surface area contributed by atoms with Crippen LogP contribution in [0.15, 0.2) is 29.2 Å². The summed E-state index contributed by atoms with van der Waals surface area (Å²) in [6, 6.07) is 4.76. The van der Waals surface area contributed by atoms with E-state index in [1.165, 1.54) is 17.2 Å². The van der Waals surface area contributed by atoms with Crippen molar-refractivity contribution in [1.82, 2.24) is 9.88 Å². The van der Waals surface area contributed by atoms with Crippen LogP contribution in [-0.2, 0) is 25.2 Å². The summed E-state index contributed by atoms with van der Waals surface area (Å²) < 4.78 is 36.2. The second-order valence-corrected chi connectivity index (χ2v) is 16.7. The summed E-state index contributed by atoms with van der Waals surface area (Å²) in [5.41, 5.74) is -1.19. The summed E-state index contributed by atoms with van der Waals surface area (Å²) in [4.78, 5) is 56.8. The van der Waals surface area contributed by atoms with Crippen LogP contribution in [0.3, 0.4) is 0 Å². The van der Waals surface area contributed by atoms with Gasteiger partial charge in [-0.25, -0.2) is 9.59 Å². The number of aryl methyl sites for hydroxylation is 2. The molecule has 3 aliphatic rings. The molecule has 272 valence electrons. The Morgan fingerprint density at radius 3 is 2.36 bits per heavy atom. The molecule has 2 aromatic rings. The molecular weight excluding hydrogens is 643 g/mol. The number of hydrogen-bond donors (Lipinski definition) is 1. The second kappa shape index (κ2) is 13.7. The number of amides is 1. The quantitative estimate of drug-likeness (QED) is 0.191. The summed E-state index contributed by atoms with van der Waals surface area (Å²) in [5, 5.41) is 0. The van der Waals surface area contributed by atoms with Crippen molar-refractivity contribution in [3.05, 3.63) is 57.0 Å². The largest absolute Gasteiger partial charge is 0.514 e. The molecule has 12 nitrogen and oxygen atoms in total. The zero-order chi connectivity index (χ0) is 36.8. The third-order valence-electron chi connectivity index (χ3n) is 9.06. The molecule has 13 heteroatoms. The zero-order valence-electron chi connectivity index (χ0n) is 31.0. The van der Waals surface area contributed by atoms with Crippen molar-refractivity contribution in [2.24, 2.45) is 5.41 Å². The maximum absolute atomic E-state index is 13.9. The lowest BCUT2D eigenvalue weighted by atomic mass is 9.69. The summed E-state index contributed by atoms with van der Waals surface area (Å²) in [7, 11) is -0.478. The van der Waals surface area contributed by atoms with Gasteiger partial charge in [-0.3, -0.25) is 9.59 Å². The van der Waals surface area contributed by atoms with E-state index in [9.17, 15) is 19.2 Å².